The van der Waals surface area contributed by atoms with Crippen molar-refractivity contribution in [2.45, 2.75) is 47.5 Å². The first-order chi connectivity index (χ1) is 7.43. The third-order valence-electron chi connectivity index (χ3n) is 2.30. The first-order valence-electron chi connectivity index (χ1n) is 5.94. The van der Waals surface area contributed by atoms with Crippen LogP contribution in [0, 0.1) is 5.92 Å². The van der Waals surface area contributed by atoms with Gasteiger partial charge in [0.05, 0.1) is 0 Å². The summed E-state index contributed by atoms with van der Waals surface area (Å²) in [7, 11) is 0. The molecule has 0 aromatic carbocycles. The molecule has 90 valence electrons. The summed E-state index contributed by atoms with van der Waals surface area (Å²) < 4.78 is 0. The number of carbonyl (C=O) groups is 1. The Morgan fingerprint density at radius 2 is 1.81 bits per heavy atom. The molecule has 0 spiro atoms. The normalized spacial score (nSPS) is 12.2. The van der Waals surface area contributed by atoms with E-state index in [0.717, 1.165) is 12.8 Å². The SMILES string of the molecule is CC(C)=CCC/C(C)=C\C=C\C(=O)C(C)C. The van der Waals surface area contributed by atoms with E-state index in [9.17, 15) is 4.79 Å². The minimum Gasteiger partial charge on any atom is -0.295 e. The monoisotopic (exact) mass is 220 g/mol. The van der Waals surface area contributed by atoms with Gasteiger partial charge in [0.2, 0.25) is 0 Å². The molecule has 0 bridgehead atoms. The predicted octanol–water partition coefficient (Wildman–Crippen LogP) is 4.46. The molecule has 0 fully saturated rings. The van der Waals surface area contributed by atoms with Gasteiger partial charge in [-0.25, -0.2) is 0 Å². The van der Waals surface area contributed by atoms with E-state index in [-0.39, 0.29) is 11.7 Å². The van der Waals surface area contributed by atoms with Crippen LogP contribution in [-0.4, -0.2) is 5.78 Å². The van der Waals surface area contributed by atoms with Gasteiger partial charge >= 0.3 is 0 Å². The molecule has 0 unspecified atom stereocenters. The molecule has 1 nitrogen and oxygen atoms in total. The second-order valence-electron chi connectivity index (χ2n) is 4.75. The molecule has 0 rings (SSSR count). The lowest BCUT2D eigenvalue weighted by Gasteiger charge is -1.97. The molecule has 0 aliphatic carbocycles. The Bertz CT molecular complexity index is 299. The number of hydrogen-bond acceptors (Lipinski definition) is 1. The maximum atomic E-state index is 11.3. The van der Waals surface area contributed by atoms with E-state index in [1.54, 1.807) is 6.08 Å². The Balaban J connectivity index is 4.05. The fraction of sp³-hybridized carbons (Fsp3) is 0.533. The van der Waals surface area contributed by atoms with Gasteiger partial charge < -0.3 is 0 Å². The van der Waals surface area contributed by atoms with E-state index in [4.69, 9.17) is 0 Å². The molecule has 0 saturated carbocycles. The van der Waals surface area contributed by atoms with E-state index in [2.05, 4.69) is 26.8 Å². The Morgan fingerprint density at radius 1 is 1.19 bits per heavy atom. The Morgan fingerprint density at radius 3 is 2.31 bits per heavy atom. The third kappa shape index (κ3) is 8.22. The Kier molecular flexibility index (Phi) is 7.53. The van der Waals surface area contributed by atoms with Crippen LogP contribution in [0.25, 0.3) is 0 Å². The average Bonchev–Trinajstić information content (AvgIpc) is 2.16. The van der Waals surface area contributed by atoms with Crippen molar-refractivity contribution in [3.8, 4) is 0 Å². The van der Waals surface area contributed by atoms with Crippen LogP contribution in [0.3, 0.4) is 0 Å². The molecular weight excluding hydrogens is 196 g/mol. The van der Waals surface area contributed by atoms with Crippen molar-refractivity contribution in [2.75, 3.05) is 0 Å². The van der Waals surface area contributed by atoms with Gasteiger partial charge in [0.15, 0.2) is 5.78 Å². The summed E-state index contributed by atoms with van der Waals surface area (Å²) in [4.78, 5) is 11.3. The quantitative estimate of drug-likeness (QED) is 0.367. The van der Waals surface area contributed by atoms with Gasteiger partial charge in [0.25, 0.3) is 0 Å². The third-order valence-corrected chi connectivity index (χ3v) is 2.30. The summed E-state index contributed by atoms with van der Waals surface area (Å²) in [5, 5.41) is 0. The zero-order chi connectivity index (χ0) is 12.6. The molecule has 0 amide bonds. The summed E-state index contributed by atoms with van der Waals surface area (Å²) in [6, 6.07) is 0. The summed E-state index contributed by atoms with van der Waals surface area (Å²) in [5.74, 6) is 0.281. The minimum absolute atomic E-state index is 0.0932. The van der Waals surface area contributed by atoms with Crippen molar-refractivity contribution < 1.29 is 4.79 Å². The first kappa shape index (κ1) is 14.9. The van der Waals surface area contributed by atoms with Crippen molar-refractivity contribution >= 4 is 5.78 Å². The topological polar surface area (TPSA) is 17.1 Å². The Hall–Kier alpha value is -1.11. The van der Waals surface area contributed by atoms with Crippen LogP contribution < -0.4 is 0 Å². The number of rotatable bonds is 6. The molecule has 1 heteroatoms. The fourth-order valence-corrected chi connectivity index (χ4v) is 1.17. The van der Waals surface area contributed by atoms with Crippen LogP contribution in [0.2, 0.25) is 0 Å². The van der Waals surface area contributed by atoms with Gasteiger partial charge in [0, 0.05) is 5.92 Å². The molecule has 0 N–H and O–H groups in total. The average molecular weight is 220 g/mol. The molecule has 0 aliphatic rings. The summed E-state index contributed by atoms with van der Waals surface area (Å²) in [5.41, 5.74) is 2.67. The Labute approximate surface area is 99.9 Å². The second-order valence-corrected chi connectivity index (χ2v) is 4.75. The maximum Gasteiger partial charge on any atom is 0.158 e. The van der Waals surface area contributed by atoms with Crippen molar-refractivity contribution in [2.24, 2.45) is 5.92 Å². The number of carbonyl (C=O) groups excluding carboxylic acids is 1. The van der Waals surface area contributed by atoms with Gasteiger partial charge in [-0.15, -0.1) is 0 Å². The lowest BCUT2D eigenvalue weighted by molar-refractivity contribution is -0.117. The van der Waals surface area contributed by atoms with Crippen molar-refractivity contribution in [1.29, 1.82) is 0 Å². The number of ketones is 1. The first-order valence-corrected chi connectivity index (χ1v) is 5.94. The smallest absolute Gasteiger partial charge is 0.158 e. The molecule has 0 saturated heterocycles. The highest BCUT2D eigenvalue weighted by Crippen LogP contribution is 2.06. The van der Waals surface area contributed by atoms with Gasteiger partial charge in [0.1, 0.15) is 0 Å². The zero-order valence-electron chi connectivity index (χ0n) is 11.2. The van der Waals surface area contributed by atoms with Crippen LogP contribution in [0.5, 0.6) is 0 Å². The van der Waals surface area contributed by atoms with Gasteiger partial charge in [-0.05, 0) is 39.7 Å². The van der Waals surface area contributed by atoms with Gasteiger partial charge in [-0.3, -0.25) is 4.79 Å². The molecule has 0 aliphatic heterocycles. The summed E-state index contributed by atoms with van der Waals surface area (Å²) in [6.07, 6.45) is 9.93. The van der Waals surface area contributed by atoms with Crippen molar-refractivity contribution in [3.63, 3.8) is 0 Å². The van der Waals surface area contributed by atoms with Crippen LogP contribution in [0.1, 0.15) is 47.5 Å². The number of hydrogen-bond donors (Lipinski definition) is 0. The van der Waals surface area contributed by atoms with Crippen LogP contribution >= 0.6 is 0 Å². The van der Waals surface area contributed by atoms with Crippen LogP contribution in [-0.2, 0) is 4.79 Å². The van der Waals surface area contributed by atoms with Crippen LogP contribution in [0.4, 0.5) is 0 Å². The predicted molar refractivity (Wildman–Crippen MR) is 71.4 cm³/mol. The summed E-state index contributed by atoms with van der Waals surface area (Å²) in [6.45, 7) is 10.2. The van der Waals surface area contributed by atoms with E-state index in [0.29, 0.717) is 0 Å². The van der Waals surface area contributed by atoms with Crippen molar-refractivity contribution in [1.82, 2.24) is 0 Å². The highest BCUT2D eigenvalue weighted by molar-refractivity contribution is 5.91. The second kappa shape index (κ2) is 8.09. The van der Waals surface area contributed by atoms with E-state index in [1.807, 2.05) is 26.0 Å². The maximum absolute atomic E-state index is 11.3. The van der Waals surface area contributed by atoms with E-state index < -0.39 is 0 Å². The lowest BCUT2D eigenvalue weighted by Crippen LogP contribution is -2.01. The van der Waals surface area contributed by atoms with Gasteiger partial charge in [-0.1, -0.05) is 43.2 Å². The molecule has 16 heavy (non-hydrogen) atoms. The molecule has 0 heterocycles. The lowest BCUT2D eigenvalue weighted by atomic mass is 10.1. The van der Waals surface area contributed by atoms with Crippen LogP contribution in [0.15, 0.2) is 35.5 Å². The fourth-order valence-electron chi connectivity index (χ4n) is 1.17. The highest BCUT2D eigenvalue weighted by Gasteiger charge is 2.00. The largest absolute Gasteiger partial charge is 0.295 e. The minimum atomic E-state index is 0.0932. The number of allylic oxidation sites excluding steroid dienone is 6. The van der Waals surface area contributed by atoms with E-state index >= 15 is 0 Å². The summed E-state index contributed by atoms with van der Waals surface area (Å²) >= 11 is 0. The molecular formula is C15H24O. The zero-order valence-corrected chi connectivity index (χ0v) is 11.2. The highest BCUT2D eigenvalue weighted by atomic mass is 16.1. The molecule has 0 atom stereocenters. The van der Waals surface area contributed by atoms with Crippen molar-refractivity contribution in [3.05, 3.63) is 35.5 Å². The molecule has 0 aromatic heterocycles. The van der Waals surface area contributed by atoms with Gasteiger partial charge in [-0.2, -0.15) is 0 Å². The standard InChI is InChI=1S/C15H24O/c1-12(2)8-6-9-14(5)10-7-11-15(16)13(3)4/h7-8,10-11,13H,6,9H2,1-5H3/b11-7+,14-10-. The molecule has 0 radical (unpaired) electrons. The molecule has 0 aromatic rings. The van der Waals surface area contributed by atoms with E-state index in [1.165, 1.54) is 11.1 Å².